The second-order valence-electron chi connectivity index (χ2n) is 4.40. The van der Waals surface area contributed by atoms with E-state index in [4.69, 9.17) is 5.73 Å². The Morgan fingerprint density at radius 2 is 2.00 bits per heavy atom. The highest BCUT2D eigenvalue weighted by Crippen LogP contribution is 2.22. The molecule has 1 aliphatic heterocycles. The third-order valence-corrected chi connectivity index (χ3v) is 5.91. The fourth-order valence-corrected chi connectivity index (χ4v) is 4.46. The first-order valence-corrected chi connectivity index (χ1v) is 8.48. The van der Waals surface area contributed by atoms with Gasteiger partial charge in [0, 0.05) is 18.0 Å². The van der Waals surface area contributed by atoms with Crippen molar-refractivity contribution in [2.24, 2.45) is 5.73 Å². The zero-order valence-electron chi connectivity index (χ0n) is 10.3. The van der Waals surface area contributed by atoms with E-state index in [2.05, 4.69) is 4.83 Å². The molecule has 0 spiro atoms. The SMILES string of the molecule is NCCc1ccc(S(=O)(=O)NN2CCCCC2)s1. The van der Waals surface area contributed by atoms with Crippen molar-refractivity contribution in [1.82, 2.24) is 9.84 Å². The molecule has 5 nitrogen and oxygen atoms in total. The van der Waals surface area contributed by atoms with Gasteiger partial charge in [0.25, 0.3) is 10.0 Å². The van der Waals surface area contributed by atoms with Crippen LogP contribution in [0.15, 0.2) is 16.3 Å². The van der Waals surface area contributed by atoms with Gasteiger partial charge in [0.2, 0.25) is 0 Å². The third kappa shape index (κ3) is 3.52. The summed E-state index contributed by atoms with van der Waals surface area (Å²) in [6.45, 7) is 2.13. The number of hydrazine groups is 1. The smallest absolute Gasteiger partial charge is 0.262 e. The average molecular weight is 289 g/mol. The molecular weight excluding hydrogens is 270 g/mol. The minimum absolute atomic E-state index is 0.372. The van der Waals surface area contributed by atoms with Crippen molar-refractivity contribution in [3.05, 3.63) is 17.0 Å². The van der Waals surface area contributed by atoms with Crippen LogP contribution in [-0.4, -0.2) is 33.1 Å². The van der Waals surface area contributed by atoms with Gasteiger partial charge in [0.05, 0.1) is 0 Å². The molecule has 102 valence electrons. The third-order valence-electron chi connectivity index (χ3n) is 2.90. The normalized spacial score (nSPS) is 18.1. The monoisotopic (exact) mass is 289 g/mol. The van der Waals surface area contributed by atoms with Crippen molar-refractivity contribution in [3.63, 3.8) is 0 Å². The van der Waals surface area contributed by atoms with E-state index >= 15 is 0 Å². The Bertz CT molecular complexity index is 478. The number of hydrogen-bond donors (Lipinski definition) is 2. The van der Waals surface area contributed by atoms with Crippen LogP contribution in [0.1, 0.15) is 24.1 Å². The van der Waals surface area contributed by atoms with Gasteiger partial charge in [-0.1, -0.05) is 6.42 Å². The molecule has 1 aliphatic rings. The lowest BCUT2D eigenvalue weighted by Crippen LogP contribution is -2.44. The number of nitrogens with two attached hydrogens (primary N) is 1. The molecule has 0 radical (unpaired) electrons. The van der Waals surface area contributed by atoms with Gasteiger partial charge in [-0.05, 0) is 37.9 Å². The highest BCUT2D eigenvalue weighted by atomic mass is 32.2. The van der Waals surface area contributed by atoms with Gasteiger partial charge in [0.1, 0.15) is 4.21 Å². The maximum absolute atomic E-state index is 12.1. The Kier molecular flexibility index (Phi) is 4.74. The van der Waals surface area contributed by atoms with Crippen LogP contribution in [0.5, 0.6) is 0 Å². The zero-order chi connectivity index (χ0) is 13.0. The molecule has 1 fully saturated rings. The highest BCUT2D eigenvalue weighted by molar-refractivity contribution is 7.91. The Balaban J connectivity index is 2.04. The Morgan fingerprint density at radius 3 is 2.67 bits per heavy atom. The van der Waals surface area contributed by atoms with Crippen molar-refractivity contribution >= 4 is 21.4 Å². The van der Waals surface area contributed by atoms with Crippen molar-refractivity contribution in [2.75, 3.05) is 19.6 Å². The van der Waals surface area contributed by atoms with Crippen LogP contribution in [0.3, 0.4) is 0 Å². The van der Waals surface area contributed by atoms with Crippen molar-refractivity contribution in [1.29, 1.82) is 0 Å². The number of hydrogen-bond acceptors (Lipinski definition) is 5. The Hall–Kier alpha value is -0.470. The lowest BCUT2D eigenvalue weighted by Gasteiger charge is -2.26. The summed E-state index contributed by atoms with van der Waals surface area (Å²) in [5.41, 5.74) is 5.46. The molecule has 1 aromatic rings. The maximum Gasteiger partial charge on any atom is 0.262 e. The van der Waals surface area contributed by atoms with Gasteiger partial charge in [-0.15, -0.1) is 16.2 Å². The van der Waals surface area contributed by atoms with E-state index in [1.54, 1.807) is 11.1 Å². The molecule has 0 saturated carbocycles. The zero-order valence-corrected chi connectivity index (χ0v) is 11.9. The Labute approximate surface area is 112 Å². The van der Waals surface area contributed by atoms with Gasteiger partial charge < -0.3 is 5.73 Å². The minimum Gasteiger partial charge on any atom is -0.330 e. The molecule has 0 aromatic carbocycles. The first-order chi connectivity index (χ1) is 8.62. The summed E-state index contributed by atoms with van der Waals surface area (Å²) in [5, 5.41) is 1.79. The predicted octanol–water partition coefficient (Wildman–Crippen LogP) is 0.928. The molecule has 0 amide bonds. The molecule has 18 heavy (non-hydrogen) atoms. The Morgan fingerprint density at radius 1 is 1.28 bits per heavy atom. The van der Waals surface area contributed by atoms with E-state index in [-0.39, 0.29) is 0 Å². The lowest BCUT2D eigenvalue weighted by atomic mass is 10.2. The van der Waals surface area contributed by atoms with Crippen molar-refractivity contribution < 1.29 is 8.42 Å². The predicted molar refractivity (Wildman–Crippen MR) is 72.8 cm³/mol. The second kappa shape index (κ2) is 6.12. The van der Waals surface area contributed by atoms with Crippen LogP contribution < -0.4 is 10.6 Å². The first kappa shape index (κ1) is 14.0. The number of nitrogens with one attached hydrogen (secondary N) is 1. The number of nitrogens with zero attached hydrogens (tertiary/aromatic N) is 1. The van der Waals surface area contributed by atoms with Crippen molar-refractivity contribution in [2.45, 2.75) is 29.9 Å². The van der Waals surface area contributed by atoms with E-state index in [0.717, 1.165) is 37.2 Å². The fraction of sp³-hybridized carbons (Fsp3) is 0.636. The number of piperidine rings is 1. The van der Waals surface area contributed by atoms with Gasteiger partial charge in [0.15, 0.2) is 0 Å². The molecule has 0 unspecified atom stereocenters. The van der Waals surface area contributed by atoms with Gasteiger partial charge in [-0.25, -0.2) is 13.4 Å². The topological polar surface area (TPSA) is 75.4 Å². The summed E-state index contributed by atoms with van der Waals surface area (Å²) in [4.78, 5) is 3.66. The molecule has 2 rings (SSSR count). The van der Waals surface area contributed by atoms with Crippen LogP contribution in [0.4, 0.5) is 0 Å². The van der Waals surface area contributed by atoms with Crippen LogP contribution in [-0.2, 0) is 16.4 Å². The summed E-state index contributed by atoms with van der Waals surface area (Å²) in [5.74, 6) is 0. The summed E-state index contributed by atoms with van der Waals surface area (Å²) in [7, 11) is -3.40. The van der Waals surface area contributed by atoms with E-state index in [1.807, 2.05) is 6.07 Å². The molecule has 1 aromatic heterocycles. The van der Waals surface area contributed by atoms with Gasteiger partial charge in [-0.3, -0.25) is 0 Å². The van der Waals surface area contributed by atoms with Gasteiger partial charge >= 0.3 is 0 Å². The number of sulfonamides is 1. The van der Waals surface area contributed by atoms with Crippen molar-refractivity contribution in [3.8, 4) is 0 Å². The highest BCUT2D eigenvalue weighted by Gasteiger charge is 2.21. The second-order valence-corrected chi connectivity index (χ2v) is 7.46. The molecular formula is C11H19N3O2S2. The van der Waals surface area contributed by atoms with Crippen LogP contribution in [0.25, 0.3) is 0 Å². The van der Waals surface area contributed by atoms with Crippen LogP contribution in [0.2, 0.25) is 0 Å². The molecule has 7 heteroatoms. The lowest BCUT2D eigenvalue weighted by molar-refractivity contribution is 0.200. The van der Waals surface area contributed by atoms with E-state index in [0.29, 0.717) is 10.8 Å². The molecule has 0 aliphatic carbocycles. The average Bonchev–Trinajstić information content (AvgIpc) is 2.80. The molecule has 3 N–H and O–H groups in total. The fourth-order valence-electron chi connectivity index (χ4n) is 1.98. The maximum atomic E-state index is 12.1. The summed E-state index contributed by atoms with van der Waals surface area (Å²) in [6, 6.07) is 3.49. The minimum atomic E-state index is -3.40. The number of thiophene rings is 1. The quantitative estimate of drug-likeness (QED) is 0.845. The van der Waals surface area contributed by atoms with E-state index in [1.165, 1.54) is 17.8 Å². The largest absolute Gasteiger partial charge is 0.330 e. The van der Waals surface area contributed by atoms with Crippen LogP contribution >= 0.6 is 11.3 Å². The summed E-state index contributed by atoms with van der Waals surface area (Å²) in [6.07, 6.45) is 4.00. The molecule has 0 atom stereocenters. The summed E-state index contributed by atoms with van der Waals surface area (Å²) >= 11 is 1.30. The molecule has 1 saturated heterocycles. The number of rotatable bonds is 5. The van der Waals surface area contributed by atoms with Gasteiger partial charge in [-0.2, -0.15) is 0 Å². The van der Waals surface area contributed by atoms with E-state index < -0.39 is 10.0 Å². The standard InChI is InChI=1S/C11H19N3O2S2/c12-7-6-10-4-5-11(17-10)18(15,16)13-14-8-2-1-3-9-14/h4-5,13H,1-3,6-9,12H2. The molecule has 0 bridgehead atoms. The summed E-state index contributed by atoms with van der Waals surface area (Å²) < 4.78 is 24.7. The van der Waals surface area contributed by atoms with E-state index in [9.17, 15) is 8.42 Å². The molecule has 2 heterocycles. The first-order valence-electron chi connectivity index (χ1n) is 6.18. The van der Waals surface area contributed by atoms with Crippen LogP contribution in [0, 0.1) is 0 Å².